The van der Waals surface area contributed by atoms with Gasteiger partial charge < -0.3 is 4.74 Å². The predicted octanol–water partition coefficient (Wildman–Crippen LogP) is 3.50. The van der Waals surface area contributed by atoms with Gasteiger partial charge in [0.05, 0.1) is 5.60 Å². The SMILES string of the molecule is CC1(Cl)CCOC2(CCCCC2)C1. The number of rotatable bonds is 0. The summed E-state index contributed by atoms with van der Waals surface area (Å²) < 4.78 is 5.96. The second-order valence-corrected chi connectivity index (χ2v) is 5.84. The maximum atomic E-state index is 6.41. The Balaban J connectivity index is 2.04. The summed E-state index contributed by atoms with van der Waals surface area (Å²) in [6, 6.07) is 0. The lowest BCUT2D eigenvalue weighted by atomic mass is 9.76. The van der Waals surface area contributed by atoms with Crippen molar-refractivity contribution >= 4 is 11.6 Å². The number of halogens is 1. The smallest absolute Gasteiger partial charge is 0.0699 e. The van der Waals surface area contributed by atoms with E-state index in [1.807, 2.05) is 0 Å². The van der Waals surface area contributed by atoms with E-state index < -0.39 is 0 Å². The molecular formula is C11H19ClO. The van der Waals surface area contributed by atoms with E-state index in [1.165, 1.54) is 32.1 Å². The van der Waals surface area contributed by atoms with E-state index in [1.54, 1.807) is 0 Å². The summed E-state index contributed by atoms with van der Waals surface area (Å²) in [7, 11) is 0. The molecule has 1 aliphatic heterocycles. The van der Waals surface area contributed by atoms with Crippen LogP contribution in [0.3, 0.4) is 0 Å². The van der Waals surface area contributed by atoms with Crippen LogP contribution in [-0.2, 0) is 4.74 Å². The van der Waals surface area contributed by atoms with Crippen molar-refractivity contribution in [1.29, 1.82) is 0 Å². The van der Waals surface area contributed by atoms with E-state index in [9.17, 15) is 0 Å². The van der Waals surface area contributed by atoms with E-state index in [-0.39, 0.29) is 10.5 Å². The summed E-state index contributed by atoms with van der Waals surface area (Å²) in [5, 5.41) is 0. The van der Waals surface area contributed by atoms with Gasteiger partial charge in [-0.25, -0.2) is 0 Å². The number of alkyl halides is 1. The zero-order valence-corrected chi connectivity index (χ0v) is 9.20. The highest BCUT2D eigenvalue weighted by Gasteiger charge is 2.42. The molecular weight excluding hydrogens is 184 g/mol. The average molecular weight is 203 g/mol. The maximum Gasteiger partial charge on any atom is 0.0699 e. The van der Waals surface area contributed by atoms with Gasteiger partial charge in [-0.05, 0) is 32.6 Å². The summed E-state index contributed by atoms with van der Waals surface area (Å²) >= 11 is 6.41. The minimum absolute atomic E-state index is 0.00437. The van der Waals surface area contributed by atoms with Gasteiger partial charge in [0, 0.05) is 11.5 Å². The van der Waals surface area contributed by atoms with Gasteiger partial charge in [0.2, 0.25) is 0 Å². The summed E-state index contributed by atoms with van der Waals surface area (Å²) in [6.45, 7) is 3.02. The van der Waals surface area contributed by atoms with Gasteiger partial charge >= 0.3 is 0 Å². The molecule has 1 heterocycles. The van der Waals surface area contributed by atoms with E-state index in [0.29, 0.717) is 0 Å². The molecule has 1 saturated heterocycles. The molecule has 0 aromatic carbocycles. The standard InChI is InChI=1S/C11H19ClO/c1-10(12)7-8-13-11(9-10)5-3-2-4-6-11/h2-9H2,1H3. The Labute approximate surface area is 85.8 Å². The average Bonchev–Trinajstić information content (AvgIpc) is 2.03. The summed E-state index contributed by atoms with van der Waals surface area (Å²) in [4.78, 5) is -0.00437. The van der Waals surface area contributed by atoms with Crippen molar-refractivity contribution in [2.75, 3.05) is 6.61 Å². The van der Waals surface area contributed by atoms with Crippen molar-refractivity contribution in [2.45, 2.75) is 62.3 Å². The van der Waals surface area contributed by atoms with Crippen LogP contribution >= 0.6 is 11.6 Å². The van der Waals surface area contributed by atoms with Gasteiger partial charge in [0.25, 0.3) is 0 Å². The van der Waals surface area contributed by atoms with Gasteiger partial charge in [0.1, 0.15) is 0 Å². The molecule has 76 valence electrons. The minimum Gasteiger partial charge on any atom is -0.375 e. The van der Waals surface area contributed by atoms with Gasteiger partial charge in [-0.1, -0.05) is 19.3 Å². The summed E-state index contributed by atoms with van der Waals surface area (Å²) in [5.41, 5.74) is 0.160. The van der Waals surface area contributed by atoms with Crippen molar-refractivity contribution in [3.05, 3.63) is 0 Å². The quantitative estimate of drug-likeness (QED) is 0.547. The van der Waals surface area contributed by atoms with Gasteiger partial charge in [-0.3, -0.25) is 0 Å². The van der Waals surface area contributed by atoms with Crippen molar-refractivity contribution in [3.8, 4) is 0 Å². The molecule has 1 spiro atoms. The second-order valence-electron chi connectivity index (χ2n) is 4.93. The Kier molecular flexibility index (Phi) is 2.59. The van der Waals surface area contributed by atoms with Crippen molar-refractivity contribution in [2.24, 2.45) is 0 Å². The zero-order chi connectivity index (χ0) is 9.36. The minimum atomic E-state index is -0.00437. The maximum absolute atomic E-state index is 6.41. The highest BCUT2D eigenvalue weighted by atomic mass is 35.5. The summed E-state index contributed by atoms with van der Waals surface area (Å²) in [5.74, 6) is 0. The molecule has 2 rings (SSSR count). The molecule has 0 aromatic heterocycles. The highest BCUT2D eigenvalue weighted by molar-refractivity contribution is 6.23. The topological polar surface area (TPSA) is 9.23 Å². The fourth-order valence-electron chi connectivity index (χ4n) is 2.81. The van der Waals surface area contributed by atoms with Crippen LogP contribution in [0, 0.1) is 0 Å². The first-order valence-electron chi connectivity index (χ1n) is 5.45. The fourth-order valence-corrected chi connectivity index (χ4v) is 3.13. The fraction of sp³-hybridized carbons (Fsp3) is 1.00. The molecule has 2 heteroatoms. The first kappa shape index (κ1) is 9.79. The van der Waals surface area contributed by atoms with E-state index in [4.69, 9.17) is 16.3 Å². The normalized spacial score (nSPS) is 39.2. The van der Waals surface area contributed by atoms with Crippen molar-refractivity contribution < 1.29 is 4.74 Å². The molecule has 1 unspecified atom stereocenters. The van der Waals surface area contributed by atoms with Crippen LogP contribution in [0.5, 0.6) is 0 Å². The molecule has 1 nitrogen and oxygen atoms in total. The number of hydrogen-bond acceptors (Lipinski definition) is 1. The lowest BCUT2D eigenvalue weighted by molar-refractivity contribution is -0.109. The van der Waals surface area contributed by atoms with E-state index in [2.05, 4.69) is 6.92 Å². The van der Waals surface area contributed by atoms with Crippen LogP contribution in [0.2, 0.25) is 0 Å². The van der Waals surface area contributed by atoms with Crippen LogP contribution in [0.4, 0.5) is 0 Å². The molecule has 0 radical (unpaired) electrons. The molecule has 0 bridgehead atoms. The van der Waals surface area contributed by atoms with E-state index in [0.717, 1.165) is 19.4 Å². The lowest BCUT2D eigenvalue weighted by Crippen LogP contribution is -2.46. The monoisotopic (exact) mass is 202 g/mol. The zero-order valence-electron chi connectivity index (χ0n) is 8.44. The molecule has 1 aliphatic carbocycles. The Bertz CT molecular complexity index is 177. The van der Waals surface area contributed by atoms with Crippen molar-refractivity contribution in [1.82, 2.24) is 0 Å². The molecule has 0 amide bonds. The van der Waals surface area contributed by atoms with Gasteiger partial charge in [-0.2, -0.15) is 0 Å². The third-order valence-electron chi connectivity index (χ3n) is 3.49. The third-order valence-corrected chi connectivity index (χ3v) is 3.81. The van der Waals surface area contributed by atoms with Crippen LogP contribution in [0.1, 0.15) is 51.9 Å². The molecule has 2 aliphatic rings. The number of hydrogen-bond donors (Lipinski definition) is 0. The highest BCUT2D eigenvalue weighted by Crippen LogP contribution is 2.44. The summed E-state index contributed by atoms with van der Waals surface area (Å²) in [6.07, 6.45) is 8.56. The Morgan fingerprint density at radius 1 is 1.08 bits per heavy atom. The van der Waals surface area contributed by atoms with E-state index >= 15 is 0 Å². The Hall–Kier alpha value is 0.250. The molecule has 2 fully saturated rings. The third kappa shape index (κ3) is 2.19. The van der Waals surface area contributed by atoms with Crippen molar-refractivity contribution in [3.63, 3.8) is 0 Å². The van der Waals surface area contributed by atoms with Crippen LogP contribution in [0.25, 0.3) is 0 Å². The van der Waals surface area contributed by atoms with Gasteiger partial charge in [0.15, 0.2) is 0 Å². The predicted molar refractivity (Wildman–Crippen MR) is 55.3 cm³/mol. The number of ether oxygens (including phenoxy) is 1. The molecule has 13 heavy (non-hydrogen) atoms. The molecule has 0 N–H and O–H groups in total. The Morgan fingerprint density at radius 2 is 1.77 bits per heavy atom. The first-order valence-corrected chi connectivity index (χ1v) is 5.83. The molecule has 1 saturated carbocycles. The molecule has 1 atom stereocenters. The van der Waals surface area contributed by atoms with Crippen LogP contribution in [-0.4, -0.2) is 17.1 Å². The Morgan fingerprint density at radius 3 is 2.38 bits per heavy atom. The lowest BCUT2D eigenvalue weighted by Gasteiger charge is -2.45. The van der Waals surface area contributed by atoms with Crippen LogP contribution < -0.4 is 0 Å². The van der Waals surface area contributed by atoms with Gasteiger partial charge in [-0.15, -0.1) is 11.6 Å². The first-order chi connectivity index (χ1) is 6.12. The second kappa shape index (κ2) is 3.43. The largest absolute Gasteiger partial charge is 0.375 e. The van der Waals surface area contributed by atoms with Crippen LogP contribution in [0.15, 0.2) is 0 Å². The molecule has 0 aromatic rings.